The fourth-order valence-corrected chi connectivity index (χ4v) is 2.85. The SMILES string of the molecule is CCC1CN(C(CN)c2cc(Br)c(Br)o2)CCO1. The van der Waals surface area contributed by atoms with Gasteiger partial charge in [0.15, 0.2) is 4.67 Å². The summed E-state index contributed by atoms with van der Waals surface area (Å²) in [6.45, 7) is 5.26. The number of halogens is 2. The fourth-order valence-electron chi connectivity index (χ4n) is 2.24. The summed E-state index contributed by atoms with van der Waals surface area (Å²) in [5.41, 5.74) is 5.91. The minimum Gasteiger partial charge on any atom is -0.451 e. The third-order valence-electron chi connectivity index (χ3n) is 3.28. The van der Waals surface area contributed by atoms with Crippen molar-refractivity contribution in [1.82, 2.24) is 4.90 Å². The highest BCUT2D eigenvalue weighted by molar-refractivity contribution is 9.13. The molecule has 2 atom stereocenters. The molecule has 0 aliphatic carbocycles. The number of furan rings is 1. The molecule has 1 fully saturated rings. The summed E-state index contributed by atoms with van der Waals surface area (Å²) in [6.07, 6.45) is 1.33. The summed E-state index contributed by atoms with van der Waals surface area (Å²) < 4.78 is 13.0. The minimum absolute atomic E-state index is 0.116. The zero-order valence-electron chi connectivity index (χ0n) is 10.4. The number of rotatable bonds is 4. The molecule has 2 rings (SSSR count). The summed E-state index contributed by atoms with van der Waals surface area (Å²) in [4.78, 5) is 2.34. The molecular weight excluding hydrogens is 364 g/mol. The predicted molar refractivity (Wildman–Crippen MR) is 77.5 cm³/mol. The van der Waals surface area contributed by atoms with E-state index in [4.69, 9.17) is 14.9 Å². The standard InChI is InChI=1S/C12H18Br2N2O2/c1-2-8-7-16(3-4-17-8)10(6-15)11-5-9(13)12(14)18-11/h5,8,10H,2-4,6-7,15H2,1H3. The molecule has 1 aromatic rings. The number of hydrogen-bond donors (Lipinski definition) is 1. The molecule has 0 spiro atoms. The Morgan fingerprint density at radius 1 is 1.56 bits per heavy atom. The van der Waals surface area contributed by atoms with E-state index in [0.717, 1.165) is 41.0 Å². The van der Waals surface area contributed by atoms with Crippen molar-refractivity contribution >= 4 is 31.9 Å². The Morgan fingerprint density at radius 3 is 2.89 bits per heavy atom. The van der Waals surface area contributed by atoms with Crippen LogP contribution in [0.5, 0.6) is 0 Å². The van der Waals surface area contributed by atoms with Gasteiger partial charge in [0.25, 0.3) is 0 Å². The maximum atomic E-state index is 5.91. The summed E-state index contributed by atoms with van der Waals surface area (Å²) in [5, 5.41) is 0. The van der Waals surface area contributed by atoms with E-state index < -0.39 is 0 Å². The van der Waals surface area contributed by atoms with Gasteiger partial charge in [-0.1, -0.05) is 6.92 Å². The van der Waals surface area contributed by atoms with Crippen LogP contribution >= 0.6 is 31.9 Å². The molecule has 1 aromatic heterocycles. The molecule has 4 nitrogen and oxygen atoms in total. The maximum absolute atomic E-state index is 5.91. The first-order valence-electron chi connectivity index (χ1n) is 6.16. The monoisotopic (exact) mass is 380 g/mol. The second kappa shape index (κ2) is 6.52. The molecule has 0 amide bonds. The van der Waals surface area contributed by atoms with Gasteiger partial charge in [-0.2, -0.15) is 0 Å². The molecule has 18 heavy (non-hydrogen) atoms. The van der Waals surface area contributed by atoms with Crippen LogP contribution < -0.4 is 5.73 Å². The van der Waals surface area contributed by atoms with Gasteiger partial charge in [0.1, 0.15) is 5.76 Å². The van der Waals surface area contributed by atoms with Crippen LogP contribution in [0.15, 0.2) is 19.6 Å². The molecule has 1 saturated heterocycles. The predicted octanol–water partition coefficient (Wildman–Crippen LogP) is 2.92. The summed E-state index contributed by atoms with van der Waals surface area (Å²) in [5.74, 6) is 0.896. The highest BCUT2D eigenvalue weighted by Crippen LogP contribution is 2.32. The summed E-state index contributed by atoms with van der Waals surface area (Å²) in [6, 6.07) is 2.10. The van der Waals surface area contributed by atoms with Crippen LogP contribution in [-0.4, -0.2) is 37.2 Å². The fraction of sp³-hybridized carbons (Fsp3) is 0.667. The van der Waals surface area contributed by atoms with Gasteiger partial charge >= 0.3 is 0 Å². The highest BCUT2D eigenvalue weighted by atomic mass is 79.9. The van der Waals surface area contributed by atoms with E-state index in [2.05, 4.69) is 43.7 Å². The molecule has 0 bridgehead atoms. The first-order valence-corrected chi connectivity index (χ1v) is 7.74. The topological polar surface area (TPSA) is 51.6 Å². The van der Waals surface area contributed by atoms with Gasteiger partial charge in [-0.25, -0.2) is 0 Å². The average molecular weight is 382 g/mol. The van der Waals surface area contributed by atoms with Crippen molar-refractivity contribution in [3.05, 3.63) is 21.0 Å². The first-order chi connectivity index (χ1) is 8.65. The van der Waals surface area contributed by atoms with E-state index in [1.54, 1.807) is 0 Å². The molecule has 0 radical (unpaired) electrons. The third-order valence-corrected chi connectivity index (χ3v) is 4.99. The van der Waals surface area contributed by atoms with E-state index in [9.17, 15) is 0 Å². The normalized spacial score (nSPS) is 23.2. The van der Waals surface area contributed by atoms with E-state index in [1.165, 1.54) is 0 Å². The maximum Gasteiger partial charge on any atom is 0.183 e. The third kappa shape index (κ3) is 3.17. The highest BCUT2D eigenvalue weighted by Gasteiger charge is 2.28. The molecule has 2 unspecified atom stereocenters. The molecule has 0 aromatic carbocycles. The number of ether oxygens (including phenoxy) is 1. The largest absolute Gasteiger partial charge is 0.451 e. The smallest absolute Gasteiger partial charge is 0.183 e. The van der Waals surface area contributed by atoms with E-state index >= 15 is 0 Å². The lowest BCUT2D eigenvalue weighted by Gasteiger charge is -2.36. The quantitative estimate of drug-likeness (QED) is 0.871. The van der Waals surface area contributed by atoms with Crippen molar-refractivity contribution in [3.8, 4) is 0 Å². The lowest BCUT2D eigenvalue weighted by molar-refractivity contribution is -0.0464. The van der Waals surface area contributed by atoms with Crippen molar-refractivity contribution < 1.29 is 9.15 Å². The van der Waals surface area contributed by atoms with Gasteiger partial charge in [-0.15, -0.1) is 0 Å². The van der Waals surface area contributed by atoms with Gasteiger partial charge < -0.3 is 14.9 Å². The van der Waals surface area contributed by atoms with E-state index in [-0.39, 0.29) is 6.04 Å². The Kier molecular flexibility index (Phi) is 5.26. The van der Waals surface area contributed by atoms with Crippen molar-refractivity contribution in [2.75, 3.05) is 26.2 Å². The zero-order valence-corrected chi connectivity index (χ0v) is 13.5. The van der Waals surface area contributed by atoms with Crippen molar-refractivity contribution in [2.45, 2.75) is 25.5 Å². The van der Waals surface area contributed by atoms with Gasteiger partial charge in [0.2, 0.25) is 0 Å². The Labute approximate surface area is 124 Å². The van der Waals surface area contributed by atoms with Crippen LogP contribution in [0.2, 0.25) is 0 Å². The Balaban J connectivity index is 2.12. The average Bonchev–Trinajstić information content (AvgIpc) is 2.70. The molecule has 0 saturated carbocycles. The van der Waals surface area contributed by atoms with Crippen LogP contribution in [-0.2, 0) is 4.74 Å². The second-order valence-corrected chi connectivity index (χ2v) is 5.99. The van der Waals surface area contributed by atoms with Gasteiger partial charge in [-0.3, -0.25) is 4.90 Å². The molecule has 1 aliphatic heterocycles. The summed E-state index contributed by atoms with van der Waals surface area (Å²) in [7, 11) is 0. The van der Waals surface area contributed by atoms with E-state index in [0.29, 0.717) is 12.6 Å². The van der Waals surface area contributed by atoms with Crippen LogP contribution in [0.4, 0.5) is 0 Å². The van der Waals surface area contributed by atoms with Crippen LogP contribution in [0.1, 0.15) is 25.1 Å². The van der Waals surface area contributed by atoms with Gasteiger partial charge in [0, 0.05) is 19.6 Å². The number of nitrogens with two attached hydrogens (primary N) is 1. The second-order valence-electron chi connectivity index (χ2n) is 4.42. The molecule has 102 valence electrons. The Morgan fingerprint density at radius 2 is 2.33 bits per heavy atom. The van der Waals surface area contributed by atoms with Crippen molar-refractivity contribution in [3.63, 3.8) is 0 Å². The molecule has 6 heteroatoms. The molecule has 2 N–H and O–H groups in total. The number of hydrogen-bond acceptors (Lipinski definition) is 4. The van der Waals surface area contributed by atoms with Crippen molar-refractivity contribution in [1.29, 1.82) is 0 Å². The number of nitrogens with zero attached hydrogens (tertiary/aromatic N) is 1. The lowest BCUT2D eigenvalue weighted by Crippen LogP contribution is -2.45. The van der Waals surface area contributed by atoms with Crippen LogP contribution in [0.3, 0.4) is 0 Å². The molecular formula is C12H18Br2N2O2. The first kappa shape index (κ1) is 14.5. The Hall–Kier alpha value is 0.120. The van der Waals surface area contributed by atoms with Crippen LogP contribution in [0, 0.1) is 0 Å². The van der Waals surface area contributed by atoms with Gasteiger partial charge in [0.05, 0.1) is 23.2 Å². The zero-order chi connectivity index (χ0) is 13.1. The minimum atomic E-state index is 0.116. The van der Waals surface area contributed by atoms with Crippen molar-refractivity contribution in [2.24, 2.45) is 5.73 Å². The van der Waals surface area contributed by atoms with E-state index in [1.807, 2.05) is 6.07 Å². The Bertz CT molecular complexity index is 378. The van der Waals surface area contributed by atoms with Gasteiger partial charge in [-0.05, 0) is 44.3 Å². The van der Waals surface area contributed by atoms with Crippen LogP contribution in [0.25, 0.3) is 0 Å². The lowest BCUT2D eigenvalue weighted by atomic mass is 10.1. The molecule has 2 heterocycles. The number of morpholine rings is 1. The molecule has 1 aliphatic rings. The summed E-state index contributed by atoms with van der Waals surface area (Å²) >= 11 is 6.80.